The van der Waals surface area contributed by atoms with E-state index in [9.17, 15) is 28.9 Å². The standard InChI is InChI=1S/C31H44ClF2N5O6/c32-22-15-36-31(37-16-22)38-7-4-20(5-8-38)3-1-2-10-45-23-11-25(33)24(26(34)12-23)13-29(43)39-18-21(19-39)14-35-17-28(42)30(44)27(41)6-9-40/h11-12,15-16,20-21,27-28,30,35,40-42,44H,1-10,13-14,17-19H2/t27-,28+,30+/m1/s1. The van der Waals surface area contributed by atoms with E-state index in [1.807, 2.05) is 0 Å². The van der Waals surface area contributed by atoms with Gasteiger partial charge in [-0.15, -0.1) is 0 Å². The number of benzene rings is 1. The quantitative estimate of drug-likeness (QED) is 0.160. The van der Waals surface area contributed by atoms with E-state index in [2.05, 4.69) is 20.2 Å². The molecule has 14 heteroatoms. The Morgan fingerprint density at radius 3 is 2.36 bits per heavy atom. The summed E-state index contributed by atoms with van der Waals surface area (Å²) in [6, 6.07) is 2.25. The average Bonchev–Trinajstić information content (AvgIpc) is 3.00. The Hall–Kier alpha value is -2.68. The van der Waals surface area contributed by atoms with Gasteiger partial charge in [-0.05, 0) is 38.0 Å². The number of unbranched alkanes of at least 4 members (excludes halogenated alkanes) is 1. The molecule has 3 atom stereocenters. The number of hydrogen-bond acceptors (Lipinski definition) is 10. The lowest BCUT2D eigenvalue weighted by atomic mass is 9.92. The number of aromatic nitrogens is 2. The van der Waals surface area contributed by atoms with Gasteiger partial charge in [-0.3, -0.25) is 4.79 Å². The maximum Gasteiger partial charge on any atom is 0.227 e. The number of hydrogen-bond donors (Lipinski definition) is 5. The lowest BCUT2D eigenvalue weighted by Gasteiger charge is -2.39. The SMILES string of the molecule is O=C(Cc1c(F)cc(OCCCCC2CCN(c3ncc(Cl)cn3)CC2)cc1F)N1CC(CNC[C@H](O)[C@@H](O)[C@H](O)CCO)C1. The normalized spacial score (nSPS) is 18.0. The lowest BCUT2D eigenvalue weighted by molar-refractivity contribution is -0.136. The summed E-state index contributed by atoms with van der Waals surface area (Å²) >= 11 is 5.87. The fourth-order valence-corrected chi connectivity index (χ4v) is 5.83. The van der Waals surface area contributed by atoms with Crippen molar-refractivity contribution < 1.29 is 38.7 Å². The maximum atomic E-state index is 14.7. The average molecular weight is 656 g/mol. The molecule has 0 radical (unpaired) electrons. The molecule has 2 saturated heterocycles. The highest BCUT2D eigenvalue weighted by Crippen LogP contribution is 2.26. The topological polar surface area (TPSA) is 152 Å². The second kappa shape index (κ2) is 17.3. The molecule has 5 N–H and O–H groups in total. The molecule has 45 heavy (non-hydrogen) atoms. The number of anilines is 1. The molecule has 4 rings (SSSR count). The van der Waals surface area contributed by atoms with Crippen molar-refractivity contribution in [2.45, 2.75) is 63.3 Å². The van der Waals surface area contributed by atoms with Crippen molar-refractivity contribution in [3.8, 4) is 5.75 Å². The van der Waals surface area contributed by atoms with Crippen LogP contribution in [0.25, 0.3) is 0 Å². The van der Waals surface area contributed by atoms with Gasteiger partial charge in [0, 0.05) is 69.5 Å². The zero-order valence-corrected chi connectivity index (χ0v) is 26.1. The Labute approximate surface area is 267 Å². The minimum absolute atomic E-state index is 0.0281. The molecule has 11 nitrogen and oxygen atoms in total. The van der Waals surface area contributed by atoms with E-state index >= 15 is 0 Å². The Bertz CT molecular complexity index is 1190. The van der Waals surface area contributed by atoms with Gasteiger partial charge in [0.2, 0.25) is 11.9 Å². The van der Waals surface area contributed by atoms with E-state index in [1.165, 1.54) is 4.90 Å². The second-order valence-electron chi connectivity index (χ2n) is 12.0. The van der Waals surface area contributed by atoms with Gasteiger partial charge in [-0.1, -0.05) is 18.0 Å². The number of carbonyl (C=O) groups is 1. The molecule has 2 fully saturated rings. The predicted molar refractivity (Wildman–Crippen MR) is 164 cm³/mol. The van der Waals surface area contributed by atoms with Crippen molar-refractivity contribution in [3.05, 3.63) is 46.7 Å². The Balaban J connectivity index is 1.09. The van der Waals surface area contributed by atoms with Crippen LogP contribution in [0.1, 0.15) is 44.1 Å². The largest absolute Gasteiger partial charge is 0.493 e. The smallest absolute Gasteiger partial charge is 0.227 e. The number of amides is 1. The van der Waals surface area contributed by atoms with Crippen molar-refractivity contribution in [3.63, 3.8) is 0 Å². The van der Waals surface area contributed by atoms with Crippen LogP contribution in [-0.2, 0) is 11.2 Å². The van der Waals surface area contributed by atoms with Gasteiger partial charge in [0.15, 0.2) is 0 Å². The third kappa shape index (κ3) is 10.4. The minimum Gasteiger partial charge on any atom is -0.493 e. The first-order valence-electron chi connectivity index (χ1n) is 15.6. The molecule has 2 aliphatic heterocycles. The first-order chi connectivity index (χ1) is 21.6. The number of nitrogens with zero attached hydrogens (tertiary/aromatic N) is 4. The number of aliphatic hydroxyl groups excluding tert-OH is 4. The van der Waals surface area contributed by atoms with Crippen molar-refractivity contribution in [2.24, 2.45) is 11.8 Å². The fraction of sp³-hybridized carbons (Fsp3) is 0.645. The van der Waals surface area contributed by atoms with Gasteiger partial charge < -0.3 is 40.3 Å². The van der Waals surface area contributed by atoms with Gasteiger partial charge in [0.05, 0.1) is 42.7 Å². The number of aliphatic hydroxyl groups is 4. The van der Waals surface area contributed by atoms with Crippen molar-refractivity contribution >= 4 is 23.5 Å². The summed E-state index contributed by atoms with van der Waals surface area (Å²) in [5, 5.41) is 41.8. The van der Waals surface area contributed by atoms with Crippen LogP contribution in [0.5, 0.6) is 5.75 Å². The number of halogens is 3. The van der Waals surface area contributed by atoms with Crippen LogP contribution in [0.3, 0.4) is 0 Å². The molecule has 0 unspecified atom stereocenters. The molecule has 0 aliphatic carbocycles. The van der Waals surface area contributed by atoms with Crippen LogP contribution in [0.15, 0.2) is 24.5 Å². The van der Waals surface area contributed by atoms with Crippen molar-refractivity contribution in [1.29, 1.82) is 0 Å². The summed E-state index contributed by atoms with van der Waals surface area (Å²) in [6.45, 7) is 3.11. The Morgan fingerprint density at radius 2 is 1.71 bits per heavy atom. The Kier molecular flexibility index (Phi) is 13.5. The van der Waals surface area contributed by atoms with Gasteiger partial charge in [-0.25, -0.2) is 18.7 Å². The molecule has 1 aromatic heterocycles. The first kappa shape index (κ1) is 35.2. The summed E-state index contributed by atoms with van der Waals surface area (Å²) < 4.78 is 35.1. The van der Waals surface area contributed by atoms with E-state index in [0.717, 1.165) is 57.3 Å². The first-order valence-corrected chi connectivity index (χ1v) is 16.0. The monoisotopic (exact) mass is 655 g/mol. The molecule has 1 amide bonds. The highest BCUT2D eigenvalue weighted by molar-refractivity contribution is 6.30. The van der Waals surface area contributed by atoms with Crippen molar-refractivity contribution in [2.75, 3.05) is 57.4 Å². The molecule has 0 bridgehead atoms. The molecule has 0 spiro atoms. The van der Waals surface area contributed by atoms with E-state index in [-0.39, 0.29) is 42.7 Å². The van der Waals surface area contributed by atoms with Gasteiger partial charge in [-0.2, -0.15) is 0 Å². The number of rotatable bonds is 17. The molecule has 3 heterocycles. The zero-order chi connectivity index (χ0) is 32.3. The van der Waals surface area contributed by atoms with Crippen LogP contribution >= 0.6 is 11.6 Å². The third-order valence-electron chi connectivity index (χ3n) is 8.53. The van der Waals surface area contributed by atoms with E-state index < -0.39 is 36.4 Å². The molecule has 2 aromatic rings. The Morgan fingerprint density at radius 1 is 1.04 bits per heavy atom. The highest BCUT2D eigenvalue weighted by atomic mass is 35.5. The minimum atomic E-state index is -1.39. The molecule has 2 aliphatic rings. The molecular formula is C31H44ClF2N5O6. The van der Waals surface area contributed by atoms with Gasteiger partial charge >= 0.3 is 0 Å². The van der Waals surface area contributed by atoms with Crippen LogP contribution in [0.4, 0.5) is 14.7 Å². The number of nitrogens with one attached hydrogen (secondary N) is 1. The second-order valence-corrected chi connectivity index (χ2v) is 12.4. The van der Waals surface area contributed by atoms with Crippen molar-refractivity contribution in [1.82, 2.24) is 20.2 Å². The summed E-state index contributed by atoms with van der Waals surface area (Å²) in [7, 11) is 0. The van der Waals surface area contributed by atoms with Crippen LogP contribution < -0.4 is 15.0 Å². The predicted octanol–water partition coefficient (Wildman–Crippen LogP) is 1.93. The number of likely N-dealkylation sites (tertiary alicyclic amines) is 1. The number of ether oxygens (including phenoxy) is 1. The lowest BCUT2D eigenvalue weighted by Crippen LogP contribution is -2.54. The summed E-state index contributed by atoms with van der Waals surface area (Å²) in [5.41, 5.74) is -0.289. The third-order valence-corrected chi connectivity index (χ3v) is 8.73. The molecule has 250 valence electrons. The highest BCUT2D eigenvalue weighted by Gasteiger charge is 2.32. The summed E-state index contributed by atoms with van der Waals surface area (Å²) in [6.07, 6.45) is 3.80. The zero-order valence-electron chi connectivity index (χ0n) is 25.3. The molecular weight excluding hydrogens is 612 g/mol. The molecule has 0 saturated carbocycles. The fourth-order valence-electron chi connectivity index (χ4n) is 5.73. The molecule has 1 aromatic carbocycles. The van der Waals surface area contributed by atoms with Gasteiger partial charge in [0.1, 0.15) is 23.5 Å². The van der Waals surface area contributed by atoms with Crippen LogP contribution in [0.2, 0.25) is 5.02 Å². The van der Waals surface area contributed by atoms with Crippen LogP contribution in [-0.4, -0.2) is 112 Å². The van der Waals surface area contributed by atoms with E-state index in [4.69, 9.17) is 21.4 Å². The van der Waals surface area contributed by atoms with Crippen LogP contribution in [0, 0.1) is 23.5 Å². The number of piperidine rings is 1. The summed E-state index contributed by atoms with van der Waals surface area (Å²) in [4.78, 5) is 24.9. The van der Waals surface area contributed by atoms with Gasteiger partial charge in [0.25, 0.3) is 0 Å². The summed E-state index contributed by atoms with van der Waals surface area (Å²) in [5.74, 6) is -0.528. The number of carbonyl (C=O) groups excluding carboxylic acids is 1. The maximum absolute atomic E-state index is 14.7. The van der Waals surface area contributed by atoms with E-state index in [0.29, 0.717) is 43.1 Å². The van der Waals surface area contributed by atoms with E-state index in [1.54, 1.807) is 12.4 Å².